The highest BCUT2D eigenvalue weighted by molar-refractivity contribution is 6.33. The van der Waals surface area contributed by atoms with Gasteiger partial charge in [0, 0.05) is 5.57 Å². The first-order valence-corrected chi connectivity index (χ1v) is 6.89. The van der Waals surface area contributed by atoms with E-state index in [1.54, 1.807) is 0 Å². The molecule has 0 aromatic heterocycles. The van der Waals surface area contributed by atoms with Crippen molar-refractivity contribution in [2.45, 2.75) is 25.6 Å². The molecule has 0 saturated heterocycles. The van der Waals surface area contributed by atoms with Crippen molar-refractivity contribution in [3.05, 3.63) is 46.6 Å². The van der Waals surface area contributed by atoms with E-state index in [1.165, 1.54) is 12.1 Å². The van der Waals surface area contributed by atoms with Crippen molar-refractivity contribution in [2.75, 3.05) is 0 Å². The molecule has 0 radical (unpaired) electrons. The van der Waals surface area contributed by atoms with Crippen molar-refractivity contribution in [3.8, 4) is 11.5 Å². The van der Waals surface area contributed by atoms with Crippen molar-refractivity contribution in [1.29, 1.82) is 0 Å². The summed E-state index contributed by atoms with van der Waals surface area (Å²) in [6, 6.07) is 2.36. The fraction of sp³-hybridized carbons (Fsp3) is 0.250. The largest absolute Gasteiger partial charge is 0.507 e. The van der Waals surface area contributed by atoms with Crippen LogP contribution in [-0.4, -0.2) is 27.2 Å². The third-order valence-electron chi connectivity index (χ3n) is 3.25. The summed E-state index contributed by atoms with van der Waals surface area (Å²) in [4.78, 5) is 24.5. The lowest BCUT2D eigenvalue weighted by atomic mass is 9.86. The number of hydrogen-bond acceptors (Lipinski definition) is 4. The van der Waals surface area contributed by atoms with Gasteiger partial charge in [0.2, 0.25) is 0 Å². The first kappa shape index (κ1) is 15.3. The number of Topliss-reactive ketones (excluding diaryl/α,β-unsaturated/α-hetero) is 1. The van der Waals surface area contributed by atoms with E-state index >= 15 is 0 Å². The zero-order valence-corrected chi connectivity index (χ0v) is 12.4. The van der Waals surface area contributed by atoms with Gasteiger partial charge < -0.3 is 10.2 Å². The summed E-state index contributed by atoms with van der Waals surface area (Å²) in [6.07, 6.45) is 3.41. The lowest BCUT2D eigenvalue weighted by Crippen LogP contribution is -2.22. The first-order chi connectivity index (χ1) is 9.82. The molecule has 5 heteroatoms. The summed E-state index contributed by atoms with van der Waals surface area (Å²) < 4.78 is 0. The van der Waals surface area contributed by atoms with Crippen LogP contribution in [0, 0.1) is 0 Å². The highest BCUT2D eigenvalue weighted by Crippen LogP contribution is 2.36. The Morgan fingerprint density at radius 3 is 2.33 bits per heavy atom. The van der Waals surface area contributed by atoms with Crippen molar-refractivity contribution < 1.29 is 19.8 Å². The molecule has 0 fully saturated rings. The van der Waals surface area contributed by atoms with Crippen LogP contribution in [0.25, 0.3) is 0 Å². The Kier molecular flexibility index (Phi) is 4.19. The molecule has 1 atom stereocenters. The minimum Gasteiger partial charge on any atom is -0.507 e. The van der Waals surface area contributed by atoms with Gasteiger partial charge in [-0.1, -0.05) is 11.6 Å². The average Bonchev–Trinajstić information content (AvgIpc) is 2.42. The van der Waals surface area contributed by atoms with Crippen LogP contribution in [0.2, 0.25) is 0 Å². The molecule has 1 unspecified atom stereocenters. The number of ketones is 2. The zero-order valence-electron chi connectivity index (χ0n) is 11.7. The van der Waals surface area contributed by atoms with Gasteiger partial charge in [-0.15, -0.1) is 11.6 Å². The van der Waals surface area contributed by atoms with E-state index in [0.717, 1.165) is 11.6 Å². The first-order valence-electron chi connectivity index (χ1n) is 6.46. The molecule has 4 nitrogen and oxygen atoms in total. The summed E-state index contributed by atoms with van der Waals surface area (Å²) in [5.74, 6) is -1.72. The van der Waals surface area contributed by atoms with Crippen LogP contribution in [0.1, 0.15) is 41.0 Å². The molecule has 0 heterocycles. The minimum absolute atomic E-state index is 0.132. The lowest BCUT2D eigenvalue weighted by Gasteiger charge is -2.19. The molecule has 110 valence electrons. The van der Waals surface area contributed by atoms with Gasteiger partial charge in [-0.25, -0.2) is 0 Å². The van der Waals surface area contributed by atoms with Gasteiger partial charge in [0.25, 0.3) is 0 Å². The Balaban J connectivity index is 2.46. The molecule has 0 bridgehead atoms. The fourth-order valence-corrected chi connectivity index (χ4v) is 2.43. The number of allylic oxidation sites excluding steroid dienone is 4. The SMILES string of the molecule is CC(C)=CCC(Cl)C1=CC(=O)c2c(O)ccc(O)c2C1=O. The molecule has 0 spiro atoms. The molecule has 1 aromatic rings. The zero-order chi connectivity index (χ0) is 15.7. The number of aromatic hydroxyl groups is 2. The number of benzene rings is 1. The molecular weight excluding hydrogens is 292 g/mol. The summed E-state index contributed by atoms with van der Waals surface area (Å²) in [5, 5.41) is 18.9. The normalized spacial score (nSPS) is 15.3. The predicted molar refractivity (Wildman–Crippen MR) is 80.2 cm³/mol. The molecule has 0 amide bonds. The molecule has 1 aliphatic carbocycles. The third kappa shape index (κ3) is 2.85. The number of halogens is 1. The highest BCUT2D eigenvalue weighted by Gasteiger charge is 2.33. The van der Waals surface area contributed by atoms with Crippen molar-refractivity contribution in [1.82, 2.24) is 0 Å². The molecule has 0 saturated carbocycles. The fourth-order valence-electron chi connectivity index (χ4n) is 2.18. The van der Waals surface area contributed by atoms with Crippen LogP contribution < -0.4 is 0 Å². The molecular formula is C16H15ClO4. The smallest absolute Gasteiger partial charge is 0.195 e. The van der Waals surface area contributed by atoms with E-state index in [4.69, 9.17) is 11.6 Å². The number of fused-ring (bicyclic) bond motifs is 1. The van der Waals surface area contributed by atoms with Gasteiger partial charge in [-0.2, -0.15) is 0 Å². The molecule has 0 aliphatic heterocycles. The number of rotatable bonds is 3. The Bertz CT molecular complexity index is 682. The maximum atomic E-state index is 12.4. The Morgan fingerprint density at radius 2 is 1.76 bits per heavy atom. The topological polar surface area (TPSA) is 74.6 Å². The number of alkyl halides is 1. The van der Waals surface area contributed by atoms with Gasteiger partial charge in [0.15, 0.2) is 11.6 Å². The molecule has 1 aromatic carbocycles. The van der Waals surface area contributed by atoms with Crippen LogP contribution in [-0.2, 0) is 0 Å². The Morgan fingerprint density at radius 1 is 1.19 bits per heavy atom. The van der Waals surface area contributed by atoms with E-state index in [2.05, 4.69) is 0 Å². The van der Waals surface area contributed by atoms with E-state index in [-0.39, 0.29) is 28.2 Å². The summed E-state index contributed by atoms with van der Waals surface area (Å²) in [5.41, 5.74) is 0.833. The van der Waals surface area contributed by atoms with Gasteiger partial charge in [-0.05, 0) is 38.5 Å². The van der Waals surface area contributed by atoms with Gasteiger partial charge in [-0.3, -0.25) is 9.59 Å². The number of phenolic OH excluding ortho intramolecular Hbond substituents is 2. The van der Waals surface area contributed by atoms with Crippen molar-refractivity contribution >= 4 is 23.2 Å². The highest BCUT2D eigenvalue weighted by atomic mass is 35.5. The standard InChI is InChI=1S/C16H15ClO4/c1-8(2)3-4-10(17)9-7-13(20)14-11(18)5-6-12(19)15(14)16(9)21/h3,5-7,10,18-19H,4H2,1-2H3. The van der Waals surface area contributed by atoms with Crippen LogP contribution in [0.5, 0.6) is 11.5 Å². The number of phenols is 2. The Labute approximate surface area is 127 Å². The molecule has 1 aliphatic rings. The van der Waals surface area contributed by atoms with Crippen LogP contribution in [0.3, 0.4) is 0 Å². The predicted octanol–water partition coefficient (Wildman–Crippen LogP) is 3.37. The second kappa shape index (κ2) is 5.74. The average molecular weight is 307 g/mol. The van der Waals surface area contributed by atoms with Crippen LogP contribution in [0.15, 0.2) is 35.4 Å². The number of carbonyl (C=O) groups excluding carboxylic acids is 2. The van der Waals surface area contributed by atoms with Gasteiger partial charge in [0.1, 0.15) is 11.5 Å². The number of carbonyl (C=O) groups is 2. The third-order valence-corrected chi connectivity index (χ3v) is 3.67. The van der Waals surface area contributed by atoms with E-state index in [0.29, 0.717) is 6.42 Å². The quantitative estimate of drug-likeness (QED) is 0.510. The maximum absolute atomic E-state index is 12.4. The van der Waals surface area contributed by atoms with Crippen LogP contribution >= 0.6 is 11.6 Å². The van der Waals surface area contributed by atoms with Gasteiger partial charge in [0.05, 0.1) is 16.5 Å². The second-order valence-electron chi connectivity index (χ2n) is 5.13. The number of hydrogen-bond donors (Lipinski definition) is 2. The molecule has 2 rings (SSSR count). The minimum atomic E-state index is -0.661. The van der Waals surface area contributed by atoms with Crippen molar-refractivity contribution in [2.24, 2.45) is 0 Å². The van der Waals surface area contributed by atoms with E-state index in [9.17, 15) is 19.8 Å². The lowest BCUT2D eigenvalue weighted by molar-refractivity contribution is 0.0977. The molecule has 2 N–H and O–H groups in total. The summed E-state index contributed by atoms with van der Waals surface area (Å²) in [7, 11) is 0. The van der Waals surface area contributed by atoms with E-state index in [1.807, 2.05) is 19.9 Å². The van der Waals surface area contributed by atoms with Crippen molar-refractivity contribution in [3.63, 3.8) is 0 Å². The van der Waals surface area contributed by atoms with Crippen LogP contribution in [0.4, 0.5) is 0 Å². The Hall–Kier alpha value is -2.07. The maximum Gasteiger partial charge on any atom is 0.195 e. The monoisotopic (exact) mass is 306 g/mol. The van der Waals surface area contributed by atoms with Gasteiger partial charge >= 0.3 is 0 Å². The second-order valence-corrected chi connectivity index (χ2v) is 5.66. The van der Waals surface area contributed by atoms with E-state index < -0.39 is 16.9 Å². The summed E-state index contributed by atoms with van der Waals surface area (Å²) in [6.45, 7) is 3.82. The summed E-state index contributed by atoms with van der Waals surface area (Å²) >= 11 is 6.19. The molecule has 21 heavy (non-hydrogen) atoms.